The first-order valence-electron chi connectivity index (χ1n) is 7.18. The highest BCUT2D eigenvalue weighted by Gasteiger charge is 2.27. The van der Waals surface area contributed by atoms with Crippen LogP contribution in [0.5, 0.6) is 0 Å². The molecule has 4 heterocycles. The van der Waals surface area contributed by atoms with Crippen LogP contribution >= 0.6 is 34.5 Å². The molecule has 9 heteroatoms. The summed E-state index contributed by atoms with van der Waals surface area (Å²) in [6, 6.07) is 3.99. The van der Waals surface area contributed by atoms with Crippen LogP contribution in [0.25, 0.3) is 10.6 Å². The summed E-state index contributed by atoms with van der Waals surface area (Å²) in [7, 11) is 0. The maximum absolute atomic E-state index is 6.01. The summed E-state index contributed by atoms with van der Waals surface area (Å²) >= 11 is 8.93. The lowest BCUT2D eigenvalue weighted by atomic mass is 10.2. The van der Waals surface area contributed by atoms with Crippen molar-refractivity contribution >= 4 is 34.5 Å². The zero-order chi connectivity index (χ0) is 15.6. The molecule has 0 radical (unpaired) electrons. The van der Waals surface area contributed by atoms with Crippen molar-refractivity contribution in [2.75, 3.05) is 19.8 Å². The molecule has 23 heavy (non-hydrogen) atoms. The van der Waals surface area contributed by atoms with Crippen molar-refractivity contribution in [3.05, 3.63) is 39.6 Å². The van der Waals surface area contributed by atoms with Gasteiger partial charge >= 0.3 is 0 Å². The molecule has 1 atom stereocenters. The van der Waals surface area contributed by atoms with E-state index in [1.165, 1.54) is 22.9 Å². The Labute approximate surface area is 146 Å². The summed E-state index contributed by atoms with van der Waals surface area (Å²) in [4.78, 5) is 11.4. The monoisotopic (exact) mass is 367 g/mol. The van der Waals surface area contributed by atoms with Gasteiger partial charge in [-0.25, -0.2) is 4.98 Å². The number of aromatic nitrogens is 4. The van der Waals surface area contributed by atoms with Crippen molar-refractivity contribution < 1.29 is 4.74 Å². The van der Waals surface area contributed by atoms with E-state index in [9.17, 15) is 0 Å². The molecule has 1 aliphatic rings. The van der Waals surface area contributed by atoms with Crippen LogP contribution in [0.4, 0.5) is 0 Å². The molecule has 1 unspecified atom stereocenters. The summed E-state index contributed by atoms with van der Waals surface area (Å²) in [5, 5.41) is 6.12. The quantitative estimate of drug-likeness (QED) is 0.766. The zero-order valence-electron chi connectivity index (χ0n) is 12.1. The van der Waals surface area contributed by atoms with E-state index < -0.39 is 0 Å². The lowest BCUT2D eigenvalue weighted by molar-refractivity contribution is -0.0161. The van der Waals surface area contributed by atoms with E-state index in [-0.39, 0.29) is 6.04 Å². The lowest BCUT2D eigenvalue weighted by Gasteiger charge is -2.33. The molecule has 120 valence electrons. The predicted octanol–water partition coefficient (Wildman–Crippen LogP) is 3.22. The smallest absolute Gasteiger partial charge is 0.126 e. The van der Waals surface area contributed by atoms with E-state index in [0.717, 1.165) is 46.1 Å². The van der Waals surface area contributed by atoms with Crippen molar-refractivity contribution in [3.63, 3.8) is 0 Å². The fraction of sp³-hybridized carbons (Fsp3) is 0.357. The molecule has 0 saturated carbocycles. The van der Waals surface area contributed by atoms with Crippen LogP contribution in [0, 0.1) is 0 Å². The Balaban J connectivity index is 1.56. The van der Waals surface area contributed by atoms with Crippen molar-refractivity contribution in [2.24, 2.45) is 0 Å². The average Bonchev–Trinajstić information content (AvgIpc) is 3.28. The summed E-state index contributed by atoms with van der Waals surface area (Å²) in [5.74, 6) is 0.910. The molecule has 4 rings (SSSR count). The van der Waals surface area contributed by atoms with Gasteiger partial charge in [-0.1, -0.05) is 16.1 Å². The van der Waals surface area contributed by atoms with Gasteiger partial charge in [-0.05, 0) is 23.7 Å². The van der Waals surface area contributed by atoms with Gasteiger partial charge in [-0.2, -0.15) is 0 Å². The van der Waals surface area contributed by atoms with Crippen molar-refractivity contribution in [3.8, 4) is 10.6 Å². The number of ether oxygens (including phenoxy) is 1. The van der Waals surface area contributed by atoms with Gasteiger partial charge in [0.05, 0.1) is 46.1 Å². The molecule has 0 aromatic carbocycles. The number of hydrogen-bond donors (Lipinski definition) is 1. The van der Waals surface area contributed by atoms with Crippen LogP contribution in [0.2, 0.25) is 4.34 Å². The first-order valence-corrected chi connectivity index (χ1v) is 9.21. The predicted molar refractivity (Wildman–Crippen MR) is 90.8 cm³/mol. The Morgan fingerprint density at radius 2 is 2.39 bits per heavy atom. The van der Waals surface area contributed by atoms with E-state index in [0.29, 0.717) is 6.61 Å². The standard InChI is InChI=1S/C14H14ClN5OS2/c15-13-2-1-12(23-13)10-5-16-14(17-10)11-7-21-4-3-20(11)6-9-8-22-19-18-9/h1-2,5,8,11H,3-4,6-7H2,(H,16,17). The highest BCUT2D eigenvalue weighted by atomic mass is 35.5. The van der Waals surface area contributed by atoms with Gasteiger partial charge < -0.3 is 9.72 Å². The van der Waals surface area contributed by atoms with Crippen LogP contribution in [0.1, 0.15) is 17.6 Å². The van der Waals surface area contributed by atoms with Gasteiger partial charge in [0.25, 0.3) is 0 Å². The average molecular weight is 368 g/mol. The third kappa shape index (κ3) is 3.31. The van der Waals surface area contributed by atoms with E-state index >= 15 is 0 Å². The minimum atomic E-state index is 0.0923. The van der Waals surface area contributed by atoms with E-state index in [1.807, 2.05) is 23.7 Å². The number of halogens is 1. The molecule has 0 amide bonds. The van der Waals surface area contributed by atoms with Crippen molar-refractivity contribution in [1.29, 1.82) is 0 Å². The van der Waals surface area contributed by atoms with Crippen LogP contribution < -0.4 is 0 Å². The normalized spacial score (nSPS) is 19.3. The van der Waals surface area contributed by atoms with Gasteiger partial charge in [0, 0.05) is 18.5 Å². The van der Waals surface area contributed by atoms with Gasteiger partial charge in [0.1, 0.15) is 5.82 Å². The van der Waals surface area contributed by atoms with Crippen molar-refractivity contribution in [1.82, 2.24) is 24.5 Å². The number of aromatic amines is 1. The number of hydrogen-bond acceptors (Lipinski definition) is 7. The molecule has 0 bridgehead atoms. The number of thiophene rings is 1. The van der Waals surface area contributed by atoms with E-state index in [1.54, 1.807) is 0 Å². The molecule has 1 aliphatic heterocycles. The molecule has 1 fully saturated rings. The zero-order valence-corrected chi connectivity index (χ0v) is 14.5. The van der Waals surface area contributed by atoms with Gasteiger partial charge in [0.15, 0.2) is 0 Å². The molecule has 0 spiro atoms. The number of H-pyrrole nitrogens is 1. The Hall–Kier alpha value is -1.32. The first-order chi connectivity index (χ1) is 11.3. The SMILES string of the molecule is Clc1ccc(-c2cnc(C3COCCN3Cc3csnn3)[nH]2)s1. The van der Waals surface area contributed by atoms with Gasteiger partial charge in [-0.3, -0.25) is 4.90 Å². The summed E-state index contributed by atoms with van der Waals surface area (Å²) in [6.07, 6.45) is 1.86. The minimum Gasteiger partial charge on any atom is -0.378 e. The molecule has 1 saturated heterocycles. The van der Waals surface area contributed by atoms with Crippen molar-refractivity contribution in [2.45, 2.75) is 12.6 Å². The van der Waals surface area contributed by atoms with E-state index in [4.69, 9.17) is 16.3 Å². The third-order valence-electron chi connectivity index (χ3n) is 3.76. The Kier molecular flexibility index (Phi) is 4.41. The number of imidazole rings is 1. The maximum Gasteiger partial charge on any atom is 0.126 e. The second-order valence-electron chi connectivity index (χ2n) is 5.24. The van der Waals surface area contributed by atoms with Crippen LogP contribution in [-0.4, -0.2) is 44.2 Å². The summed E-state index contributed by atoms with van der Waals surface area (Å²) < 4.78 is 10.4. The fourth-order valence-corrected chi connectivity index (χ4v) is 4.08. The largest absolute Gasteiger partial charge is 0.378 e. The third-order valence-corrected chi connectivity index (χ3v) is 5.58. The van der Waals surface area contributed by atoms with Crippen LogP contribution in [0.3, 0.4) is 0 Å². The fourth-order valence-electron chi connectivity index (χ4n) is 2.63. The highest BCUT2D eigenvalue weighted by Crippen LogP contribution is 2.31. The molecule has 1 N–H and O–H groups in total. The number of nitrogens with one attached hydrogen (secondary N) is 1. The van der Waals surface area contributed by atoms with Gasteiger partial charge in [-0.15, -0.1) is 16.4 Å². The Morgan fingerprint density at radius 3 is 3.17 bits per heavy atom. The molecular formula is C14H14ClN5OS2. The number of nitrogens with zero attached hydrogens (tertiary/aromatic N) is 4. The van der Waals surface area contributed by atoms with Gasteiger partial charge in [0.2, 0.25) is 0 Å². The highest BCUT2D eigenvalue weighted by molar-refractivity contribution is 7.19. The first kappa shape index (κ1) is 15.2. The topological polar surface area (TPSA) is 66.9 Å². The molecular weight excluding hydrogens is 354 g/mol. The Bertz CT molecular complexity index is 772. The Morgan fingerprint density at radius 1 is 1.43 bits per heavy atom. The second-order valence-corrected chi connectivity index (χ2v) is 7.57. The maximum atomic E-state index is 6.01. The number of rotatable bonds is 4. The minimum absolute atomic E-state index is 0.0923. The second kappa shape index (κ2) is 6.66. The molecule has 0 aliphatic carbocycles. The molecule has 6 nitrogen and oxygen atoms in total. The number of morpholine rings is 1. The van der Waals surface area contributed by atoms with Crippen LogP contribution in [-0.2, 0) is 11.3 Å². The molecule has 3 aromatic rings. The summed E-state index contributed by atoms with van der Waals surface area (Å²) in [6.45, 7) is 2.95. The molecule has 3 aromatic heterocycles. The summed E-state index contributed by atoms with van der Waals surface area (Å²) in [5.41, 5.74) is 1.97. The van der Waals surface area contributed by atoms with Crippen LogP contribution in [0.15, 0.2) is 23.7 Å². The van der Waals surface area contributed by atoms with E-state index in [2.05, 4.69) is 24.5 Å². The lowest BCUT2D eigenvalue weighted by Crippen LogP contribution is -2.39.